The molecule has 1 aromatic rings. The number of hydrogen-bond donors (Lipinski definition) is 1. The Morgan fingerprint density at radius 2 is 1.96 bits per heavy atom. The average Bonchev–Trinajstić information content (AvgIpc) is 2.89. The SMILES string of the molecule is C[C@H](NS(=O)(=O)c1ccccc1F)C(=O)N1[C@@H](C)C[C@@H]2CCCC[C@@H]21. The molecule has 0 radical (unpaired) electrons. The molecule has 1 saturated carbocycles. The molecule has 5 nitrogen and oxygen atoms in total. The topological polar surface area (TPSA) is 66.5 Å². The van der Waals surface area contributed by atoms with E-state index in [2.05, 4.69) is 4.72 Å². The molecule has 138 valence electrons. The number of carbonyl (C=O) groups excluding carboxylic acids is 1. The first-order valence-electron chi connectivity index (χ1n) is 8.90. The summed E-state index contributed by atoms with van der Waals surface area (Å²) in [7, 11) is -4.08. The number of rotatable bonds is 4. The summed E-state index contributed by atoms with van der Waals surface area (Å²) in [6.45, 7) is 3.55. The smallest absolute Gasteiger partial charge is 0.244 e. The quantitative estimate of drug-likeness (QED) is 0.888. The van der Waals surface area contributed by atoms with Gasteiger partial charge in [-0.1, -0.05) is 25.0 Å². The maximum absolute atomic E-state index is 13.8. The van der Waals surface area contributed by atoms with Gasteiger partial charge >= 0.3 is 0 Å². The van der Waals surface area contributed by atoms with Crippen LogP contribution in [-0.4, -0.2) is 37.4 Å². The van der Waals surface area contributed by atoms with Crippen LogP contribution in [0.2, 0.25) is 0 Å². The third-order valence-electron chi connectivity index (χ3n) is 5.43. The lowest BCUT2D eigenvalue weighted by Crippen LogP contribution is -2.51. The van der Waals surface area contributed by atoms with Crippen LogP contribution in [0.4, 0.5) is 4.39 Å². The summed E-state index contributed by atoms with van der Waals surface area (Å²) in [4.78, 5) is 14.3. The average molecular weight is 368 g/mol. The lowest BCUT2D eigenvalue weighted by Gasteiger charge is -2.35. The molecule has 2 aliphatic rings. The standard InChI is InChI=1S/C18H25FN2O3S/c1-12-11-14-7-3-5-9-16(14)21(12)18(22)13(2)20-25(23,24)17-10-6-4-8-15(17)19/h4,6,8,10,12-14,16,20H,3,5,7,9,11H2,1-2H3/t12-,13-,14-,16-/m0/s1. The van der Waals surface area contributed by atoms with E-state index in [0.29, 0.717) is 5.92 Å². The fraction of sp³-hybridized carbons (Fsp3) is 0.611. The van der Waals surface area contributed by atoms with Gasteiger partial charge in [0, 0.05) is 12.1 Å². The van der Waals surface area contributed by atoms with Gasteiger partial charge in [-0.3, -0.25) is 4.79 Å². The highest BCUT2D eigenvalue weighted by atomic mass is 32.2. The molecule has 1 saturated heterocycles. The summed E-state index contributed by atoms with van der Waals surface area (Å²) in [5.74, 6) is -0.526. The summed E-state index contributed by atoms with van der Waals surface area (Å²) in [6, 6.07) is 4.57. The molecule has 1 amide bonds. The molecule has 7 heteroatoms. The van der Waals surface area contributed by atoms with Gasteiger partial charge in [0.05, 0.1) is 6.04 Å². The van der Waals surface area contributed by atoms with E-state index in [1.807, 2.05) is 11.8 Å². The zero-order valence-electron chi connectivity index (χ0n) is 14.6. The van der Waals surface area contributed by atoms with E-state index in [1.54, 1.807) is 0 Å². The Hall–Kier alpha value is -1.47. The summed E-state index contributed by atoms with van der Waals surface area (Å²) in [5, 5.41) is 0. The summed E-state index contributed by atoms with van der Waals surface area (Å²) in [5.41, 5.74) is 0. The monoisotopic (exact) mass is 368 g/mol. The van der Waals surface area contributed by atoms with E-state index in [9.17, 15) is 17.6 Å². The minimum atomic E-state index is -4.08. The molecule has 1 N–H and O–H groups in total. The van der Waals surface area contributed by atoms with Gasteiger partial charge in [-0.05, 0) is 51.2 Å². The summed E-state index contributed by atoms with van der Waals surface area (Å²) >= 11 is 0. The van der Waals surface area contributed by atoms with E-state index < -0.39 is 26.8 Å². The van der Waals surface area contributed by atoms with E-state index in [0.717, 1.165) is 31.7 Å². The van der Waals surface area contributed by atoms with Gasteiger partial charge in [-0.15, -0.1) is 0 Å². The van der Waals surface area contributed by atoms with Crippen LogP contribution in [0.15, 0.2) is 29.2 Å². The van der Waals surface area contributed by atoms with Gasteiger partial charge in [-0.2, -0.15) is 4.72 Å². The third-order valence-corrected chi connectivity index (χ3v) is 7.00. The van der Waals surface area contributed by atoms with Crippen LogP contribution in [0.3, 0.4) is 0 Å². The Bertz CT molecular complexity index is 752. The van der Waals surface area contributed by atoms with Gasteiger partial charge < -0.3 is 4.90 Å². The van der Waals surface area contributed by atoms with Crippen LogP contribution in [0.5, 0.6) is 0 Å². The molecule has 0 spiro atoms. The Balaban J connectivity index is 1.75. The highest BCUT2D eigenvalue weighted by Gasteiger charge is 2.44. The second-order valence-corrected chi connectivity index (χ2v) is 8.90. The number of carbonyl (C=O) groups is 1. The first-order valence-corrected chi connectivity index (χ1v) is 10.4. The molecule has 0 unspecified atom stereocenters. The Labute approximate surface area is 148 Å². The van der Waals surface area contributed by atoms with Crippen molar-refractivity contribution >= 4 is 15.9 Å². The Kier molecular flexibility index (Phi) is 5.16. The van der Waals surface area contributed by atoms with E-state index in [-0.39, 0.29) is 18.0 Å². The van der Waals surface area contributed by atoms with Gasteiger partial charge in [0.2, 0.25) is 15.9 Å². The lowest BCUT2D eigenvalue weighted by molar-refractivity contribution is -0.136. The second-order valence-electron chi connectivity index (χ2n) is 7.22. The van der Waals surface area contributed by atoms with Crippen molar-refractivity contribution in [1.82, 2.24) is 9.62 Å². The number of sulfonamides is 1. The van der Waals surface area contributed by atoms with Crippen molar-refractivity contribution in [3.05, 3.63) is 30.1 Å². The number of benzene rings is 1. The largest absolute Gasteiger partial charge is 0.335 e. The highest BCUT2D eigenvalue weighted by Crippen LogP contribution is 2.39. The number of nitrogens with zero attached hydrogens (tertiary/aromatic N) is 1. The number of fused-ring (bicyclic) bond motifs is 1. The Morgan fingerprint density at radius 3 is 2.68 bits per heavy atom. The fourth-order valence-corrected chi connectivity index (χ4v) is 5.60. The summed E-state index contributed by atoms with van der Waals surface area (Å²) in [6.07, 6.45) is 5.39. The van der Waals surface area contributed by atoms with Gasteiger partial charge in [0.1, 0.15) is 10.7 Å². The predicted octanol–water partition coefficient (Wildman–Crippen LogP) is 2.67. The van der Waals surface area contributed by atoms with Crippen molar-refractivity contribution in [2.45, 2.75) is 69.0 Å². The maximum atomic E-state index is 13.8. The molecule has 25 heavy (non-hydrogen) atoms. The molecule has 0 aromatic heterocycles. The molecular weight excluding hydrogens is 343 g/mol. The number of likely N-dealkylation sites (tertiary alicyclic amines) is 1. The zero-order valence-corrected chi connectivity index (χ0v) is 15.4. The molecule has 0 bridgehead atoms. The van der Waals surface area contributed by atoms with Crippen molar-refractivity contribution in [3.8, 4) is 0 Å². The lowest BCUT2D eigenvalue weighted by atomic mass is 9.85. The van der Waals surface area contributed by atoms with E-state index in [1.165, 1.54) is 31.5 Å². The first kappa shape index (κ1) is 18.3. The van der Waals surface area contributed by atoms with Crippen LogP contribution in [0, 0.1) is 11.7 Å². The normalized spacial score (nSPS) is 27.8. The van der Waals surface area contributed by atoms with Crippen LogP contribution in [-0.2, 0) is 14.8 Å². The van der Waals surface area contributed by atoms with Gasteiger partial charge in [-0.25, -0.2) is 12.8 Å². The van der Waals surface area contributed by atoms with Crippen LogP contribution in [0.1, 0.15) is 46.0 Å². The van der Waals surface area contributed by atoms with Crippen LogP contribution in [0.25, 0.3) is 0 Å². The molecule has 2 fully saturated rings. The van der Waals surface area contributed by atoms with Crippen molar-refractivity contribution in [2.75, 3.05) is 0 Å². The van der Waals surface area contributed by atoms with E-state index in [4.69, 9.17) is 0 Å². The van der Waals surface area contributed by atoms with Crippen molar-refractivity contribution in [2.24, 2.45) is 5.92 Å². The van der Waals surface area contributed by atoms with Crippen LogP contribution < -0.4 is 4.72 Å². The van der Waals surface area contributed by atoms with E-state index >= 15 is 0 Å². The predicted molar refractivity (Wildman–Crippen MR) is 92.9 cm³/mol. The number of halogens is 1. The molecule has 1 aromatic carbocycles. The first-order chi connectivity index (χ1) is 11.8. The van der Waals surface area contributed by atoms with Crippen molar-refractivity contribution < 1.29 is 17.6 Å². The van der Waals surface area contributed by atoms with Gasteiger partial charge in [0.25, 0.3) is 0 Å². The van der Waals surface area contributed by atoms with Crippen molar-refractivity contribution in [1.29, 1.82) is 0 Å². The van der Waals surface area contributed by atoms with Crippen LogP contribution >= 0.6 is 0 Å². The Morgan fingerprint density at radius 1 is 1.28 bits per heavy atom. The minimum absolute atomic E-state index is 0.112. The zero-order chi connectivity index (χ0) is 18.2. The maximum Gasteiger partial charge on any atom is 0.244 e. The highest BCUT2D eigenvalue weighted by molar-refractivity contribution is 7.89. The third kappa shape index (κ3) is 3.58. The molecule has 3 rings (SSSR count). The molecule has 4 atom stereocenters. The molecule has 1 aliphatic carbocycles. The van der Waals surface area contributed by atoms with Crippen molar-refractivity contribution in [3.63, 3.8) is 0 Å². The molecular formula is C18H25FN2O3S. The molecule has 1 heterocycles. The minimum Gasteiger partial charge on any atom is -0.335 e. The molecule has 1 aliphatic heterocycles. The fourth-order valence-electron chi connectivity index (χ4n) is 4.32. The number of amides is 1. The summed E-state index contributed by atoms with van der Waals surface area (Å²) < 4.78 is 41.0. The second kappa shape index (κ2) is 7.03. The number of nitrogens with one attached hydrogen (secondary N) is 1. The number of hydrogen-bond acceptors (Lipinski definition) is 3. The van der Waals surface area contributed by atoms with Gasteiger partial charge in [0.15, 0.2) is 0 Å².